The quantitative estimate of drug-likeness (QED) is 0.808. The molecule has 0 aromatic carbocycles. The van der Waals surface area contributed by atoms with Crippen molar-refractivity contribution in [1.82, 2.24) is 20.1 Å². The van der Waals surface area contributed by atoms with Crippen molar-refractivity contribution in [3.8, 4) is 0 Å². The summed E-state index contributed by atoms with van der Waals surface area (Å²) in [5, 5.41) is 16.8. The van der Waals surface area contributed by atoms with Crippen molar-refractivity contribution < 1.29 is 9.63 Å². The van der Waals surface area contributed by atoms with Crippen LogP contribution >= 0.6 is 11.8 Å². The number of nitrogens with zero attached hydrogens (tertiary/aromatic N) is 5. The van der Waals surface area contributed by atoms with E-state index in [2.05, 4.69) is 30.3 Å². The first-order valence-electron chi connectivity index (χ1n) is 7.55. The van der Waals surface area contributed by atoms with Crippen molar-refractivity contribution >= 4 is 23.5 Å². The fraction of sp³-hybridized carbons (Fsp3) is 0.571. The number of rotatable bonds is 6. The van der Waals surface area contributed by atoms with Crippen LogP contribution in [0.25, 0.3) is 0 Å². The van der Waals surface area contributed by atoms with Crippen LogP contribution in [0.3, 0.4) is 0 Å². The molecular weight excluding hydrogens is 316 g/mol. The highest BCUT2D eigenvalue weighted by Crippen LogP contribution is 2.18. The van der Waals surface area contributed by atoms with E-state index < -0.39 is 0 Å². The van der Waals surface area contributed by atoms with Gasteiger partial charge in [0.25, 0.3) is 0 Å². The number of piperidine rings is 1. The molecule has 8 nitrogen and oxygen atoms in total. The lowest BCUT2D eigenvalue weighted by molar-refractivity contribution is 0.154. The minimum atomic E-state index is -0.289. The second-order valence-electron chi connectivity index (χ2n) is 5.37. The number of aliphatic hydroxyl groups is 1. The molecule has 2 aromatic heterocycles. The molecule has 2 aromatic rings. The van der Waals surface area contributed by atoms with Crippen molar-refractivity contribution in [2.75, 3.05) is 29.6 Å². The molecule has 1 fully saturated rings. The van der Waals surface area contributed by atoms with Crippen LogP contribution < -0.4 is 10.2 Å². The van der Waals surface area contributed by atoms with Gasteiger partial charge in [0.2, 0.25) is 11.8 Å². The van der Waals surface area contributed by atoms with Crippen molar-refractivity contribution in [3.63, 3.8) is 0 Å². The molecule has 124 valence electrons. The molecule has 3 rings (SSSR count). The van der Waals surface area contributed by atoms with Gasteiger partial charge in [0.15, 0.2) is 5.82 Å². The zero-order chi connectivity index (χ0) is 16.1. The number of thioether (sulfide) groups is 1. The molecule has 0 radical (unpaired) electrons. The summed E-state index contributed by atoms with van der Waals surface area (Å²) < 4.78 is 5.16. The molecule has 0 bridgehead atoms. The Morgan fingerprint density at radius 3 is 3.22 bits per heavy atom. The van der Waals surface area contributed by atoms with Crippen LogP contribution in [-0.4, -0.2) is 50.7 Å². The molecule has 9 heteroatoms. The topological polar surface area (TPSA) is 100 Å². The lowest BCUT2D eigenvalue weighted by Gasteiger charge is -2.31. The Morgan fingerprint density at radius 2 is 2.39 bits per heavy atom. The van der Waals surface area contributed by atoms with E-state index in [9.17, 15) is 5.11 Å². The minimum absolute atomic E-state index is 0.289. The van der Waals surface area contributed by atoms with Crippen molar-refractivity contribution in [2.45, 2.75) is 31.2 Å². The predicted octanol–water partition coefficient (Wildman–Crippen LogP) is 1.30. The average molecular weight is 336 g/mol. The largest absolute Gasteiger partial charge is 0.391 e. The first-order chi connectivity index (χ1) is 11.2. The zero-order valence-corrected chi connectivity index (χ0v) is 13.8. The highest BCUT2D eigenvalue weighted by atomic mass is 32.2. The van der Waals surface area contributed by atoms with Gasteiger partial charge in [-0.25, -0.2) is 4.98 Å². The van der Waals surface area contributed by atoms with Gasteiger partial charge in [0.1, 0.15) is 5.82 Å². The Hall–Kier alpha value is -1.87. The highest BCUT2D eigenvalue weighted by Gasteiger charge is 2.19. The average Bonchev–Trinajstić information content (AvgIpc) is 3.01. The third-order valence-corrected chi connectivity index (χ3v) is 4.09. The Kier molecular flexibility index (Phi) is 5.29. The number of hydrogen-bond acceptors (Lipinski definition) is 9. The van der Waals surface area contributed by atoms with Crippen LogP contribution in [0.15, 0.2) is 16.8 Å². The maximum atomic E-state index is 9.78. The third kappa shape index (κ3) is 4.32. The molecule has 2 N–H and O–H groups in total. The molecule has 0 amide bonds. The lowest BCUT2D eigenvalue weighted by Crippen LogP contribution is -2.38. The van der Waals surface area contributed by atoms with Crippen LogP contribution in [0.2, 0.25) is 0 Å². The van der Waals surface area contributed by atoms with Gasteiger partial charge in [-0.05, 0) is 25.2 Å². The Morgan fingerprint density at radius 1 is 1.48 bits per heavy atom. The van der Waals surface area contributed by atoms with Crippen LogP contribution in [0.4, 0.5) is 11.8 Å². The first kappa shape index (κ1) is 16.0. The summed E-state index contributed by atoms with van der Waals surface area (Å²) in [7, 11) is 0. The van der Waals surface area contributed by atoms with Crippen LogP contribution in [0, 0.1) is 0 Å². The maximum absolute atomic E-state index is 9.78. The fourth-order valence-electron chi connectivity index (χ4n) is 2.48. The van der Waals surface area contributed by atoms with E-state index in [1.54, 1.807) is 18.0 Å². The lowest BCUT2D eigenvalue weighted by atomic mass is 10.1. The van der Waals surface area contributed by atoms with Crippen molar-refractivity contribution in [2.24, 2.45) is 0 Å². The fourth-order valence-corrected chi connectivity index (χ4v) is 2.85. The number of anilines is 2. The van der Waals surface area contributed by atoms with Gasteiger partial charge in [-0.2, -0.15) is 21.7 Å². The normalized spacial score (nSPS) is 18.2. The molecular formula is C14H20N6O2S. The van der Waals surface area contributed by atoms with E-state index in [0.717, 1.165) is 31.0 Å². The molecule has 0 aliphatic carbocycles. The SMILES string of the molecule is CSCc1noc(CNc2nccc(N3CCCC(O)C3)n2)n1. The van der Waals surface area contributed by atoms with Crippen molar-refractivity contribution in [1.29, 1.82) is 0 Å². The molecule has 1 atom stereocenters. The monoisotopic (exact) mass is 336 g/mol. The summed E-state index contributed by atoms with van der Waals surface area (Å²) in [6.45, 7) is 1.89. The minimum Gasteiger partial charge on any atom is -0.391 e. The number of hydrogen-bond donors (Lipinski definition) is 2. The standard InChI is InChI=1S/C14H20N6O2S/c1-23-9-11-17-13(22-19-11)7-16-14-15-5-4-12(18-14)20-6-2-3-10(21)8-20/h4-5,10,21H,2-3,6-9H2,1H3,(H,15,16,18). The van der Waals surface area contributed by atoms with Crippen LogP contribution in [-0.2, 0) is 12.3 Å². The number of β-amino-alcohol motifs (C(OH)–C–C–N with tert-alkyl or cyclic N) is 1. The Bertz CT molecular complexity index is 637. The van der Waals surface area contributed by atoms with E-state index in [-0.39, 0.29) is 6.10 Å². The van der Waals surface area contributed by atoms with E-state index >= 15 is 0 Å². The van der Waals surface area contributed by atoms with Gasteiger partial charge < -0.3 is 19.8 Å². The molecule has 0 spiro atoms. The van der Waals surface area contributed by atoms with Gasteiger partial charge in [-0.1, -0.05) is 5.16 Å². The molecule has 23 heavy (non-hydrogen) atoms. The highest BCUT2D eigenvalue weighted by molar-refractivity contribution is 7.97. The third-order valence-electron chi connectivity index (χ3n) is 3.54. The molecule has 1 aliphatic rings. The van der Waals surface area contributed by atoms with Gasteiger partial charge in [0, 0.05) is 19.3 Å². The predicted molar refractivity (Wildman–Crippen MR) is 88.3 cm³/mol. The van der Waals surface area contributed by atoms with E-state index in [1.165, 1.54) is 0 Å². The zero-order valence-electron chi connectivity index (χ0n) is 13.0. The van der Waals surface area contributed by atoms with Gasteiger partial charge in [0.05, 0.1) is 18.4 Å². The number of aliphatic hydroxyl groups excluding tert-OH is 1. The summed E-state index contributed by atoms with van der Waals surface area (Å²) in [6, 6.07) is 1.85. The van der Waals surface area contributed by atoms with E-state index in [0.29, 0.717) is 30.8 Å². The molecule has 1 saturated heterocycles. The van der Waals surface area contributed by atoms with Gasteiger partial charge in [-0.15, -0.1) is 0 Å². The second-order valence-corrected chi connectivity index (χ2v) is 6.24. The number of nitrogens with one attached hydrogen (secondary N) is 1. The Balaban J connectivity index is 1.60. The molecule has 1 aliphatic heterocycles. The van der Waals surface area contributed by atoms with E-state index in [1.807, 2.05) is 12.3 Å². The second kappa shape index (κ2) is 7.60. The maximum Gasteiger partial charge on any atom is 0.246 e. The van der Waals surface area contributed by atoms with E-state index in [4.69, 9.17) is 4.52 Å². The summed E-state index contributed by atoms with van der Waals surface area (Å²) in [4.78, 5) is 15.0. The van der Waals surface area contributed by atoms with Crippen molar-refractivity contribution in [3.05, 3.63) is 24.0 Å². The first-order valence-corrected chi connectivity index (χ1v) is 8.94. The molecule has 0 saturated carbocycles. The van der Waals surface area contributed by atoms with Gasteiger partial charge >= 0.3 is 0 Å². The number of aromatic nitrogens is 4. The van der Waals surface area contributed by atoms with Crippen LogP contribution in [0.5, 0.6) is 0 Å². The summed E-state index contributed by atoms with van der Waals surface area (Å²) in [5.41, 5.74) is 0. The smallest absolute Gasteiger partial charge is 0.246 e. The summed E-state index contributed by atoms with van der Waals surface area (Å²) in [5.74, 6) is 3.25. The molecule has 3 heterocycles. The summed E-state index contributed by atoms with van der Waals surface area (Å²) >= 11 is 1.64. The van der Waals surface area contributed by atoms with Crippen LogP contribution in [0.1, 0.15) is 24.6 Å². The Labute approximate surface area is 138 Å². The van der Waals surface area contributed by atoms with Gasteiger partial charge in [-0.3, -0.25) is 0 Å². The summed E-state index contributed by atoms with van der Waals surface area (Å²) in [6.07, 6.45) is 5.23. The molecule has 1 unspecified atom stereocenters.